The van der Waals surface area contributed by atoms with E-state index in [1.54, 1.807) is 0 Å². The maximum atomic E-state index is 10.4. The first-order chi connectivity index (χ1) is 6.68. The van der Waals surface area contributed by atoms with Crippen molar-refractivity contribution >= 4 is 5.97 Å². The number of hydrogen-bond donors (Lipinski definition) is 0. The summed E-state index contributed by atoms with van der Waals surface area (Å²) in [6.07, 6.45) is 0. The lowest BCUT2D eigenvalue weighted by molar-refractivity contribution is -0.141. The number of aryl methyl sites for hydroxylation is 1. The summed E-state index contributed by atoms with van der Waals surface area (Å²) in [6.45, 7) is 4.08. The van der Waals surface area contributed by atoms with Gasteiger partial charge in [0.05, 0.1) is 0 Å². The van der Waals surface area contributed by atoms with E-state index in [0.717, 1.165) is 5.75 Å². The molecule has 3 nitrogen and oxygen atoms in total. The summed E-state index contributed by atoms with van der Waals surface area (Å²) in [5.74, 6) is 0.514. The minimum Gasteiger partial charge on any atom is -0.490 e. The fourth-order valence-electron chi connectivity index (χ4n) is 0.979. The van der Waals surface area contributed by atoms with Gasteiger partial charge in [-0.15, -0.1) is 0 Å². The maximum absolute atomic E-state index is 10.4. The van der Waals surface area contributed by atoms with E-state index in [-0.39, 0.29) is 5.97 Å². The molecule has 0 saturated heterocycles. The summed E-state index contributed by atoms with van der Waals surface area (Å²) in [7, 11) is 0. The molecule has 0 heterocycles. The molecule has 0 radical (unpaired) electrons. The summed E-state index contributed by atoms with van der Waals surface area (Å²) in [6, 6.07) is 7.73. The molecule has 0 atom stereocenters. The van der Waals surface area contributed by atoms with Crippen LogP contribution < -0.4 is 4.74 Å². The lowest BCUT2D eigenvalue weighted by Gasteiger charge is -2.05. The van der Waals surface area contributed by atoms with Crippen molar-refractivity contribution in [3.05, 3.63) is 29.8 Å². The molecule has 1 rings (SSSR count). The van der Waals surface area contributed by atoms with Crippen LogP contribution in [0.1, 0.15) is 12.5 Å². The van der Waals surface area contributed by atoms with Gasteiger partial charge in [0.15, 0.2) is 0 Å². The second-order valence-electron chi connectivity index (χ2n) is 3.00. The first kappa shape index (κ1) is 10.6. The Kier molecular flexibility index (Phi) is 3.98. The fourth-order valence-corrected chi connectivity index (χ4v) is 0.979. The highest BCUT2D eigenvalue weighted by atomic mass is 16.6. The van der Waals surface area contributed by atoms with Crippen LogP contribution in [0, 0.1) is 6.92 Å². The van der Waals surface area contributed by atoms with Gasteiger partial charge in [0.1, 0.15) is 19.0 Å². The van der Waals surface area contributed by atoms with Gasteiger partial charge in [-0.2, -0.15) is 0 Å². The van der Waals surface area contributed by atoms with Gasteiger partial charge in [-0.05, 0) is 19.1 Å². The van der Waals surface area contributed by atoms with Gasteiger partial charge in [0, 0.05) is 6.92 Å². The third-order valence-corrected chi connectivity index (χ3v) is 1.68. The Morgan fingerprint density at radius 3 is 2.43 bits per heavy atom. The van der Waals surface area contributed by atoms with Crippen molar-refractivity contribution in [2.45, 2.75) is 13.8 Å². The van der Waals surface area contributed by atoms with E-state index in [4.69, 9.17) is 9.47 Å². The Balaban J connectivity index is 2.25. The smallest absolute Gasteiger partial charge is 0.302 e. The van der Waals surface area contributed by atoms with Gasteiger partial charge in [-0.1, -0.05) is 17.7 Å². The van der Waals surface area contributed by atoms with Crippen LogP contribution in [0.3, 0.4) is 0 Å². The molecule has 0 aliphatic heterocycles. The number of hydrogen-bond acceptors (Lipinski definition) is 3. The normalized spacial score (nSPS) is 9.57. The van der Waals surface area contributed by atoms with Gasteiger partial charge < -0.3 is 9.47 Å². The van der Waals surface area contributed by atoms with Crippen molar-refractivity contribution in [3.8, 4) is 5.75 Å². The largest absolute Gasteiger partial charge is 0.490 e. The third kappa shape index (κ3) is 3.94. The monoisotopic (exact) mass is 194 g/mol. The van der Waals surface area contributed by atoms with Crippen molar-refractivity contribution in [1.82, 2.24) is 0 Å². The zero-order valence-corrected chi connectivity index (χ0v) is 8.45. The standard InChI is InChI=1S/C11H14O3/c1-9-3-5-11(6-4-9)14-8-7-13-10(2)12/h3-6H,7-8H2,1-2H3. The van der Waals surface area contributed by atoms with Crippen LogP contribution in [-0.4, -0.2) is 19.2 Å². The quantitative estimate of drug-likeness (QED) is 0.542. The van der Waals surface area contributed by atoms with Crippen LogP contribution in [0.2, 0.25) is 0 Å². The van der Waals surface area contributed by atoms with E-state index >= 15 is 0 Å². The number of ether oxygens (including phenoxy) is 2. The molecule has 0 saturated carbocycles. The number of carbonyl (C=O) groups is 1. The van der Waals surface area contributed by atoms with Crippen molar-refractivity contribution in [1.29, 1.82) is 0 Å². The predicted octanol–water partition coefficient (Wildman–Crippen LogP) is 1.94. The molecule has 76 valence electrons. The average Bonchev–Trinajstić information content (AvgIpc) is 2.15. The molecular weight excluding hydrogens is 180 g/mol. The number of carbonyl (C=O) groups excluding carboxylic acids is 1. The van der Waals surface area contributed by atoms with Crippen molar-refractivity contribution in [2.75, 3.05) is 13.2 Å². The van der Waals surface area contributed by atoms with Gasteiger partial charge in [0.2, 0.25) is 0 Å². The molecule has 1 aromatic carbocycles. The number of benzene rings is 1. The van der Waals surface area contributed by atoms with Crippen LogP contribution in [0.25, 0.3) is 0 Å². The molecular formula is C11H14O3. The second kappa shape index (κ2) is 5.27. The highest BCUT2D eigenvalue weighted by Gasteiger charge is 1.94. The number of rotatable bonds is 4. The summed E-state index contributed by atoms with van der Waals surface area (Å²) in [5.41, 5.74) is 1.19. The minimum absolute atomic E-state index is 0.280. The predicted molar refractivity (Wildman–Crippen MR) is 53.3 cm³/mol. The van der Waals surface area contributed by atoms with E-state index in [2.05, 4.69) is 0 Å². The van der Waals surface area contributed by atoms with Gasteiger partial charge in [-0.25, -0.2) is 0 Å². The van der Waals surface area contributed by atoms with Crippen LogP contribution in [0.5, 0.6) is 5.75 Å². The molecule has 0 fully saturated rings. The lowest BCUT2D eigenvalue weighted by atomic mass is 10.2. The SMILES string of the molecule is CC(=O)OCCOc1ccc(C)cc1. The summed E-state index contributed by atoms with van der Waals surface area (Å²) in [5, 5.41) is 0. The molecule has 14 heavy (non-hydrogen) atoms. The van der Waals surface area contributed by atoms with Crippen LogP contribution >= 0.6 is 0 Å². The topological polar surface area (TPSA) is 35.5 Å². The van der Waals surface area contributed by atoms with Crippen LogP contribution in [-0.2, 0) is 9.53 Å². The van der Waals surface area contributed by atoms with Gasteiger partial charge in [-0.3, -0.25) is 4.79 Å². The first-order valence-corrected chi connectivity index (χ1v) is 4.51. The second-order valence-corrected chi connectivity index (χ2v) is 3.00. The summed E-state index contributed by atoms with van der Waals surface area (Å²) >= 11 is 0. The molecule has 0 bridgehead atoms. The molecule has 0 unspecified atom stereocenters. The molecule has 0 aromatic heterocycles. The van der Waals surface area contributed by atoms with E-state index in [0.29, 0.717) is 13.2 Å². The zero-order chi connectivity index (χ0) is 10.4. The third-order valence-electron chi connectivity index (χ3n) is 1.68. The van der Waals surface area contributed by atoms with Crippen molar-refractivity contribution in [2.24, 2.45) is 0 Å². The summed E-state index contributed by atoms with van der Waals surface area (Å²) < 4.78 is 10.1. The molecule has 0 aliphatic rings. The lowest BCUT2D eigenvalue weighted by Crippen LogP contribution is -2.09. The molecule has 0 N–H and O–H groups in total. The zero-order valence-electron chi connectivity index (χ0n) is 8.45. The van der Waals surface area contributed by atoms with Crippen molar-refractivity contribution in [3.63, 3.8) is 0 Å². The molecule has 1 aromatic rings. The maximum Gasteiger partial charge on any atom is 0.302 e. The van der Waals surface area contributed by atoms with Crippen LogP contribution in [0.4, 0.5) is 0 Å². The highest BCUT2D eigenvalue weighted by Crippen LogP contribution is 2.10. The molecule has 3 heteroatoms. The molecule has 0 spiro atoms. The average molecular weight is 194 g/mol. The Morgan fingerprint density at radius 2 is 1.86 bits per heavy atom. The Morgan fingerprint density at radius 1 is 1.21 bits per heavy atom. The van der Waals surface area contributed by atoms with E-state index in [1.165, 1.54) is 12.5 Å². The van der Waals surface area contributed by atoms with E-state index in [9.17, 15) is 4.79 Å². The van der Waals surface area contributed by atoms with Gasteiger partial charge in [0.25, 0.3) is 0 Å². The highest BCUT2D eigenvalue weighted by molar-refractivity contribution is 5.65. The van der Waals surface area contributed by atoms with Crippen molar-refractivity contribution < 1.29 is 14.3 Å². The Hall–Kier alpha value is -1.51. The van der Waals surface area contributed by atoms with Gasteiger partial charge >= 0.3 is 5.97 Å². The first-order valence-electron chi connectivity index (χ1n) is 4.51. The summed E-state index contributed by atoms with van der Waals surface area (Å²) in [4.78, 5) is 10.4. The number of esters is 1. The van der Waals surface area contributed by atoms with Crippen LogP contribution in [0.15, 0.2) is 24.3 Å². The fraction of sp³-hybridized carbons (Fsp3) is 0.364. The molecule has 0 aliphatic carbocycles. The Bertz CT molecular complexity index is 290. The molecule has 0 amide bonds. The van der Waals surface area contributed by atoms with E-state index < -0.39 is 0 Å². The Labute approximate surface area is 83.6 Å². The van der Waals surface area contributed by atoms with E-state index in [1.807, 2.05) is 31.2 Å². The minimum atomic E-state index is -0.280.